The largest absolute Gasteiger partial charge is 0.374 e. The number of nitrogens with one attached hydrogen (secondary N) is 1. The molecule has 18 heavy (non-hydrogen) atoms. The normalized spacial score (nSPS) is 10.3. The van der Waals surface area contributed by atoms with Crippen LogP contribution in [0.4, 0.5) is 10.3 Å². The van der Waals surface area contributed by atoms with Gasteiger partial charge in [0.1, 0.15) is 0 Å². The molecule has 1 aromatic carbocycles. The lowest BCUT2D eigenvalue weighted by atomic mass is 10.1. The summed E-state index contributed by atoms with van der Waals surface area (Å²) in [7, 11) is 0. The van der Waals surface area contributed by atoms with Gasteiger partial charge >= 0.3 is 0 Å². The van der Waals surface area contributed by atoms with Gasteiger partial charge < -0.3 is 11.1 Å². The molecule has 0 aliphatic carbocycles. The lowest BCUT2D eigenvalue weighted by molar-refractivity contribution is -0.116. The predicted octanol–water partition coefficient (Wildman–Crippen LogP) is 2.00. The third kappa shape index (κ3) is 3.53. The second kappa shape index (κ2) is 5.59. The standard InChI is InChI=1S/C12H14N4OS/c1-8-2-4-9(5-3-8)6-7-10(17)14-12-16-15-11(13)18-12/h2-5H,6-7H2,1H3,(H2,13,15)(H,14,16,17). The molecular formula is C12H14N4OS. The number of aryl methyl sites for hydroxylation is 2. The van der Waals surface area contributed by atoms with E-state index in [0.29, 0.717) is 23.1 Å². The molecule has 0 radical (unpaired) electrons. The van der Waals surface area contributed by atoms with Crippen LogP contribution in [0, 0.1) is 6.92 Å². The number of hydrogen-bond acceptors (Lipinski definition) is 5. The van der Waals surface area contributed by atoms with Crippen LogP contribution < -0.4 is 11.1 Å². The first-order chi connectivity index (χ1) is 8.63. The topological polar surface area (TPSA) is 80.9 Å². The number of carbonyl (C=O) groups is 1. The minimum atomic E-state index is -0.0771. The van der Waals surface area contributed by atoms with E-state index in [9.17, 15) is 4.79 Å². The van der Waals surface area contributed by atoms with Gasteiger partial charge in [0.15, 0.2) is 0 Å². The number of aromatic nitrogens is 2. The molecule has 0 aliphatic rings. The molecule has 0 saturated carbocycles. The van der Waals surface area contributed by atoms with Crippen LogP contribution in [0.5, 0.6) is 0 Å². The van der Waals surface area contributed by atoms with Crippen molar-refractivity contribution in [1.29, 1.82) is 0 Å². The summed E-state index contributed by atoms with van der Waals surface area (Å²) in [5, 5.41) is 10.8. The minimum Gasteiger partial charge on any atom is -0.374 e. The van der Waals surface area contributed by atoms with Gasteiger partial charge in [-0.1, -0.05) is 41.2 Å². The summed E-state index contributed by atoms with van der Waals surface area (Å²) in [6.45, 7) is 2.04. The molecule has 0 aliphatic heterocycles. The molecule has 0 bridgehead atoms. The van der Waals surface area contributed by atoms with Gasteiger partial charge in [-0.3, -0.25) is 4.79 Å². The first-order valence-electron chi connectivity index (χ1n) is 5.58. The van der Waals surface area contributed by atoms with Crippen molar-refractivity contribution < 1.29 is 4.79 Å². The van der Waals surface area contributed by atoms with Crippen molar-refractivity contribution in [3.63, 3.8) is 0 Å². The summed E-state index contributed by atoms with van der Waals surface area (Å²) in [5.41, 5.74) is 7.79. The van der Waals surface area contributed by atoms with Gasteiger partial charge in [0.05, 0.1) is 0 Å². The van der Waals surface area contributed by atoms with Gasteiger partial charge in [-0.15, -0.1) is 10.2 Å². The maximum absolute atomic E-state index is 11.6. The third-order valence-electron chi connectivity index (χ3n) is 2.45. The second-order valence-electron chi connectivity index (χ2n) is 3.98. The lowest BCUT2D eigenvalue weighted by Crippen LogP contribution is -2.12. The molecule has 0 spiro atoms. The number of hydrogen-bond donors (Lipinski definition) is 2. The van der Waals surface area contributed by atoms with E-state index in [4.69, 9.17) is 5.73 Å². The highest BCUT2D eigenvalue weighted by Gasteiger charge is 2.06. The number of amides is 1. The Hall–Kier alpha value is -1.95. The Labute approximate surface area is 109 Å². The Bertz CT molecular complexity index is 535. The van der Waals surface area contributed by atoms with E-state index in [2.05, 4.69) is 15.5 Å². The third-order valence-corrected chi connectivity index (χ3v) is 3.12. The molecule has 0 saturated heterocycles. The summed E-state index contributed by atoms with van der Waals surface area (Å²) in [5.74, 6) is -0.0771. The summed E-state index contributed by atoms with van der Waals surface area (Å²) in [6, 6.07) is 8.15. The first-order valence-corrected chi connectivity index (χ1v) is 6.39. The number of nitrogens with two attached hydrogens (primary N) is 1. The molecule has 1 aromatic heterocycles. The molecule has 6 heteroatoms. The van der Waals surface area contributed by atoms with Crippen LogP contribution in [-0.4, -0.2) is 16.1 Å². The molecule has 3 N–H and O–H groups in total. The number of nitrogens with zero attached hydrogens (tertiary/aromatic N) is 2. The fourth-order valence-corrected chi connectivity index (χ4v) is 2.01. The second-order valence-corrected chi connectivity index (χ2v) is 4.99. The number of nitrogen functional groups attached to an aromatic ring is 1. The van der Waals surface area contributed by atoms with Crippen molar-refractivity contribution in [3.05, 3.63) is 35.4 Å². The van der Waals surface area contributed by atoms with Gasteiger partial charge in [0.2, 0.25) is 16.2 Å². The van der Waals surface area contributed by atoms with Gasteiger partial charge in [0, 0.05) is 6.42 Å². The smallest absolute Gasteiger partial charge is 0.226 e. The average molecular weight is 262 g/mol. The highest BCUT2D eigenvalue weighted by Crippen LogP contribution is 2.16. The monoisotopic (exact) mass is 262 g/mol. The SMILES string of the molecule is Cc1ccc(CCC(=O)Nc2nnc(N)s2)cc1. The maximum atomic E-state index is 11.6. The molecule has 2 aromatic rings. The van der Waals surface area contributed by atoms with Crippen LogP contribution in [0.15, 0.2) is 24.3 Å². The number of carbonyl (C=O) groups excluding carboxylic acids is 1. The van der Waals surface area contributed by atoms with Crippen LogP contribution in [-0.2, 0) is 11.2 Å². The van der Waals surface area contributed by atoms with E-state index >= 15 is 0 Å². The lowest BCUT2D eigenvalue weighted by Gasteiger charge is -2.02. The van der Waals surface area contributed by atoms with E-state index in [0.717, 1.165) is 16.9 Å². The highest BCUT2D eigenvalue weighted by molar-refractivity contribution is 7.18. The van der Waals surface area contributed by atoms with Gasteiger partial charge in [-0.05, 0) is 18.9 Å². The number of benzene rings is 1. The van der Waals surface area contributed by atoms with Crippen LogP contribution in [0.1, 0.15) is 17.5 Å². The summed E-state index contributed by atoms with van der Waals surface area (Å²) >= 11 is 1.16. The van der Waals surface area contributed by atoms with Gasteiger partial charge in [-0.2, -0.15) is 0 Å². The molecule has 5 nitrogen and oxygen atoms in total. The predicted molar refractivity (Wildman–Crippen MR) is 72.5 cm³/mol. The van der Waals surface area contributed by atoms with Crippen molar-refractivity contribution in [2.24, 2.45) is 0 Å². The summed E-state index contributed by atoms with van der Waals surface area (Å²) in [6.07, 6.45) is 1.13. The fraction of sp³-hybridized carbons (Fsp3) is 0.250. The van der Waals surface area contributed by atoms with E-state index in [-0.39, 0.29) is 5.91 Å². The number of rotatable bonds is 4. The Morgan fingerprint density at radius 1 is 1.33 bits per heavy atom. The van der Waals surface area contributed by atoms with E-state index in [1.807, 2.05) is 31.2 Å². The Morgan fingerprint density at radius 3 is 2.67 bits per heavy atom. The van der Waals surface area contributed by atoms with Crippen molar-refractivity contribution in [2.45, 2.75) is 19.8 Å². The average Bonchev–Trinajstić information content (AvgIpc) is 2.74. The van der Waals surface area contributed by atoms with E-state index in [1.54, 1.807) is 0 Å². The van der Waals surface area contributed by atoms with E-state index in [1.165, 1.54) is 5.56 Å². The van der Waals surface area contributed by atoms with Crippen molar-refractivity contribution in [1.82, 2.24) is 10.2 Å². The van der Waals surface area contributed by atoms with Crippen LogP contribution in [0.25, 0.3) is 0 Å². The van der Waals surface area contributed by atoms with Crippen molar-refractivity contribution in [3.8, 4) is 0 Å². The zero-order chi connectivity index (χ0) is 13.0. The Balaban J connectivity index is 1.83. The van der Waals surface area contributed by atoms with Crippen LogP contribution in [0.2, 0.25) is 0 Å². The van der Waals surface area contributed by atoms with Crippen LogP contribution >= 0.6 is 11.3 Å². The zero-order valence-electron chi connectivity index (χ0n) is 10.0. The Morgan fingerprint density at radius 2 is 2.06 bits per heavy atom. The minimum absolute atomic E-state index is 0.0771. The number of anilines is 2. The molecule has 0 unspecified atom stereocenters. The maximum Gasteiger partial charge on any atom is 0.226 e. The van der Waals surface area contributed by atoms with Gasteiger partial charge in [0.25, 0.3) is 0 Å². The molecule has 94 valence electrons. The fourth-order valence-electron chi connectivity index (χ4n) is 1.48. The molecule has 0 atom stereocenters. The molecule has 0 fully saturated rings. The Kier molecular flexibility index (Phi) is 3.88. The summed E-state index contributed by atoms with van der Waals surface area (Å²) in [4.78, 5) is 11.6. The molecule has 1 heterocycles. The van der Waals surface area contributed by atoms with E-state index < -0.39 is 0 Å². The molecule has 2 rings (SSSR count). The molecule has 1 amide bonds. The van der Waals surface area contributed by atoms with Crippen molar-refractivity contribution >= 4 is 27.5 Å². The highest BCUT2D eigenvalue weighted by atomic mass is 32.1. The van der Waals surface area contributed by atoms with Crippen molar-refractivity contribution in [2.75, 3.05) is 11.1 Å². The van der Waals surface area contributed by atoms with Gasteiger partial charge in [-0.25, -0.2) is 0 Å². The zero-order valence-corrected chi connectivity index (χ0v) is 10.8. The van der Waals surface area contributed by atoms with Crippen LogP contribution in [0.3, 0.4) is 0 Å². The summed E-state index contributed by atoms with van der Waals surface area (Å²) < 4.78 is 0. The molecular weight excluding hydrogens is 248 g/mol. The quantitative estimate of drug-likeness (QED) is 0.883. The first kappa shape index (κ1) is 12.5.